The highest BCUT2D eigenvalue weighted by Crippen LogP contribution is 2.19. The molecule has 1 aromatic carbocycles. The van der Waals surface area contributed by atoms with E-state index in [-0.39, 0.29) is 6.10 Å². The van der Waals surface area contributed by atoms with Crippen molar-refractivity contribution in [2.45, 2.75) is 13.0 Å². The molecule has 0 aromatic heterocycles. The van der Waals surface area contributed by atoms with Gasteiger partial charge in [-0.05, 0) is 19.1 Å². The van der Waals surface area contributed by atoms with Gasteiger partial charge in [0, 0.05) is 18.7 Å². The molecule has 0 radical (unpaired) electrons. The van der Waals surface area contributed by atoms with Crippen LogP contribution in [0.5, 0.6) is 5.75 Å². The maximum atomic E-state index is 10.4. The van der Waals surface area contributed by atoms with Crippen molar-refractivity contribution in [2.24, 2.45) is 0 Å². The monoisotopic (exact) mass is 236 g/mol. The highest BCUT2D eigenvalue weighted by Gasteiger charge is 2.04. The van der Waals surface area contributed by atoms with Gasteiger partial charge in [0.2, 0.25) is 0 Å². The molecule has 0 fully saturated rings. The fraction of sp³-hybridized carbons (Fsp3) is 0.308. The molecular formula is C13H16O4. The second-order valence-corrected chi connectivity index (χ2v) is 3.57. The van der Waals surface area contributed by atoms with Gasteiger partial charge in [-0.2, -0.15) is 0 Å². The molecule has 0 aliphatic carbocycles. The number of hydrogen-bond acceptors (Lipinski definition) is 3. The number of carboxylic acid groups (broad SMARTS) is 1. The Kier molecular flexibility index (Phi) is 5.23. The average Bonchev–Trinajstić information content (AvgIpc) is 2.34. The number of carboxylic acids is 1. The lowest BCUT2D eigenvalue weighted by atomic mass is 10.2. The topological polar surface area (TPSA) is 55.8 Å². The zero-order valence-electron chi connectivity index (χ0n) is 9.92. The van der Waals surface area contributed by atoms with Gasteiger partial charge in [-0.25, -0.2) is 4.79 Å². The predicted octanol–water partition coefficient (Wildman–Crippen LogP) is 2.20. The smallest absolute Gasteiger partial charge is 0.328 e. The normalized spacial score (nSPS) is 12.6. The number of para-hydroxylation sites is 1. The maximum absolute atomic E-state index is 10.4. The van der Waals surface area contributed by atoms with Crippen LogP contribution >= 0.6 is 0 Å². The fourth-order valence-electron chi connectivity index (χ4n) is 1.19. The summed E-state index contributed by atoms with van der Waals surface area (Å²) in [6.45, 7) is 2.32. The summed E-state index contributed by atoms with van der Waals surface area (Å²) in [6.07, 6.45) is 2.59. The first-order valence-corrected chi connectivity index (χ1v) is 5.29. The van der Waals surface area contributed by atoms with Crippen LogP contribution in [0.4, 0.5) is 0 Å². The van der Waals surface area contributed by atoms with E-state index < -0.39 is 5.97 Å². The third-order valence-corrected chi connectivity index (χ3v) is 2.20. The van der Waals surface area contributed by atoms with Crippen LogP contribution in [-0.4, -0.2) is 30.9 Å². The van der Waals surface area contributed by atoms with Crippen molar-refractivity contribution in [1.29, 1.82) is 0 Å². The van der Waals surface area contributed by atoms with Crippen LogP contribution in [0.15, 0.2) is 30.3 Å². The van der Waals surface area contributed by atoms with Crippen LogP contribution in [0.2, 0.25) is 0 Å². The number of carbonyl (C=O) groups is 1. The van der Waals surface area contributed by atoms with Crippen molar-refractivity contribution in [2.75, 3.05) is 13.7 Å². The van der Waals surface area contributed by atoms with E-state index >= 15 is 0 Å². The first-order valence-electron chi connectivity index (χ1n) is 5.29. The Bertz CT molecular complexity index is 398. The Balaban J connectivity index is 2.74. The fourth-order valence-corrected chi connectivity index (χ4v) is 1.19. The Morgan fingerprint density at radius 3 is 2.82 bits per heavy atom. The summed E-state index contributed by atoms with van der Waals surface area (Å²) in [6, 6.07) is 7.26. The van der Waals surface area contributed by atoms with Crippen molar-refractivity contribution in [3.05, 3.63) is 35.9 Å². The van der Waals surface area contributed by atoms with Crippen molar-refractivity contribution in [3.8, 4) is 5.75 Å². The predicted molar refractivity (Wildman–Crippen MR) is 65.1 cm³/mol. The molecule has 92 valence electrons. The first kappa shape index (κ1) is 13.3. The number of aliphatic carboxylic acids is 1. The van der Waals surface area contributed by atoms with Crippen LogP contribution < -0.4 is 4.74 Å². The van der Waals surface area contributed by atoms with Gasteiger partial charge < -0.3 is 14.6 Å². The third kappa shape index (κ3) is 4.70. The summed E-state index contributed by atoms with van der Waals surface area (Å²) in [5, 5.41) is 8.57. The summed E-state index contributed by atoms with van der Waals surface area (Å²) in [5.74, 6) is -0.334. The van der Waals surface area contributed by atoms with E-state index in [1.165, 1.54) is 6.08 Å². The molecule has 1 unspecified atom stereocenters. The molecule has 0 spiro atoms. The zero-order chi connectivity index (χ0) is 12.7. The molecular weight excluding hydrogens is 220 g/mol. The van der Waals surface area contributed by atoms with E-state index in [1.54, 1.807) is 19.2 Å². The number of hydrogen-bond donors (Lipinski definition) is 1. The Morgan fingerprint density at radius 2 is 2.18 bits per heavy atom. The highest BCUT2D eigenvalue weighted by molar-refractivity contribution is 5.85. The van der Waals surface area contributed by atoms with Gasteiger partial charge in [0.1, 0.15) is 12.4 Å². The van der Waals surface area contributed by atoms with Gasteiger partial charge in [0.15, 0.2) is 0 Å². The van der Waals surface area contributed by atoms with Gasteiger partial charge >= 0.3 is 5.97 Å². The summed E-state index contributed by atoms with van der Waals surface area (Å²) >= 11 is 0. The van der Waals surface area contributed by atoms with E-state index in [1.807, 2.05) is 19.1 Å². The van der Waals surface area contributed by atoms with Gasteiger partial charge in [0.25, 0.3) is 0 Å². The van der Waals surface area contributed by atoms with E-state index in [4.69, 9.17) is 14.6 Å². The molecule has 0 saturated heterocycles. The van der Waals surface area contributed by atoms with Crippen molar-refractivity contribution < 1.29 is 19.4 Å². The standard InChI is InChI=1S/C13H16O4/c1-10(16-2)9-17-12-6-4-3-5-11(12)7-8-13(14)15/h3-8,10H,9H2,1-2H3,(H,14,15)/b8-7+. The van der Waals surface area contributed by atoms with E-state index in [9.17, 15) is 4.79 Å². The van der Waals surface area contributed by atoms with E-state index in [0.29, 0.717) is 12.4 Å². The van der Waals surface area contributed by atoms with E-state index in [0.717, 1.165) is 11.6 Å². The van der Waals surface area contributed by atoms with Crippen molar-refractivity contribution in [1.82, 2.24) is 0 Å². The average molecular weight is 236 g/mol. The minimum atomic E-state index is -0.981. The van der Waals surface area contributed by atoms with Crippen LogP contribution in [0.1, 0.15) is 12.5 Å². The Hall–Kier alpha value is -1.81. The van der Waals surface area contributed by atoms with Gasteiger partial charge in [0.05, 0.1) is 6.10 Å². The summed E-state index contributed by atoms with van der Waals surface area (Å²) in [4.78, 5) is 10.4. The molecule has 0 saturated carbocycles. The summed E-state index contributed by atoms with van der Waals surface area (Å²) in [7, 11) is 1.62. The highest BCUT2D eigenvalue weighted by atomic mass is 16.5. The molecule has 0 amide bonds. The molecule has 1 aromatic rings. The number of methoxy groups -OCH3 is 1. The van der Waals surface area contributed by atoms with Crippen LogP contribution in [0.3, 0.4) is 0 Å². The molecule has 0 aliphatic heterocycles. The van der Waals surface area contributed by atoms with Gasteiger partial charge in [-0.3, -0.25) is 0 Å². The molecule has 0 heterocycles. The molecule has 0 aliphatic rings. The van der Waals surface area contributed by atoms with Crippen molar-refractivity contribution >= 4 is 12.0 Å². The Morgan fingerprint density at radius 1 is 1.47 bits per heavy atom. The molecule has 1 rings (SSSR count). The minimum absolute atomic E-state index is 0.00786. The number of ether oxygens (including phenoxy) is 2. The number of rotatable bonds is 6. The molecule has 4 nitrogen and oxygen atoms in total. The first-order chi connectivity index (χ1) is 8.13. The number of benzene rings is 1. The van der Waals surface area contributed by atoms with Crippen LogP contribution in [0, 0.1) is 0 Å². The molecule has 1 atom stereocenters. The second kappa shape index (κ2) is 6.70. The second-order valence-electron chi connectivity index (χ2n) is 3.57. The minimum Gasteiger partial charge on any atom is -0.490 e. The van der Waals surface area contributed by atoms with Crippen LogP contribution in [-0.2, 0) is 9.53 Å². The molecule has 1 N–H and O–H groups in total. The molecule has 4 heteroatoms. The van der Waals surface area contributed by atoms with Crippen LogP contribution in [0.25, 0.3) is 6.08 Å². The maximum Gasteiger partial charge on any atom is 0.328 e. The lowest BCUT2D eigenvalue weighted by Gasteiger charge is -2.13. The quantitative estimate of drug-likeness (QED) is 0.769. The van der Waals surface area contributed by atoms with E-state index in [2.05, 4.69) is 0 Å². The molecule has 17 heavy (non-hydrogen) atoms. The zero-order valence-corrected chi connectivity index (χ0v) is 9.92. The SMILES string of the molecule is COC(C)COc1ccccc1/C=C/C(=O)O. The third-order valence-electron chi connectivity index (χ3n) is 2.20. The largest absolute Gasteiger partial charge is 0.490 e. The molecule has 0 bridgehead atoms. The van der Waals surface area contributed by atoms with Crippen molar-refractivity contribution in [3.63, 3.8) is 0 Å². The summed E-state index contributed by atoms with van der Waals surface area (Å²) < 4.78 is 10.6. The van der Waals surface area contributed by atoms with Gasteiger partial charge in [-0.15, -0.1) is 0 Å². The lowest BCUT2D eigenvalue weighted by molar-refractivity contribution is -0.131. The van der Waals surface area contributed by atoms with Gasteiger partial charge in [-0.1, -0.05) is 18.2 Å². The summed E-state index contributed by atoms with van der Waals surface area (Å²) in [5.41, 5.74) is 0.734. The Labute approximate surface area is 100 Å². The lowest BCUT2D eigenvalue weighted by Crippen LogP contribution is -2.16.